The summed E-state index contributed by atoms with van der Waals surface area (Å²) in [5.41, 5.74) is 0. The Morgan fingerprint density at radius 2 is 1.22 bits per heavy atom. The summed E-state index contributed by atoms with van der Waals surface area (Å²) in [7, 11) is -3.73. The molecule has 0 unspecified atom stereocenters. The van der Waals surface area contributed by atoms with E-state index < -0.39 is 31.1 Å². The van der Waals surface area contributed by atoms with Crippen molar-refractivity contribution in [1.29, 1.82) is 0 Å². The zero-order chi connectivity index (χ0) is 20.0. The third-order valence-electron chi connectivity index (χ3n) is 3.58. The molecule has 0 fully saturated rings. The van der Waals surface area contributed by atoms with Crippen molar-refractivity contribution in [2.24, 2.45) is 0 Å². The second kappa shape index (κ2) is 14.0. The van der Waals surface area contributed by atoms with Gasteiger partial charge < -0.3 is 0 Å². The molecule has 0 heterocycles. The summed E-state index contributed by atoms with van der Waals surface area (Å²) in [4.78, 5) is 0. The van der Waals surface area contributed by atoms with Gasteiger partial charge in [-0.05, 0) is 0 Å². The average molecular weight is 482 g/mol. The number of unbranched alkanes of at least 4 members (excludes halogenated alkanes) is 3. The first-order valence-electron chi connectivity index (χ1n) is 9.77. The molecule has 0 atom stereocenters. The van der Waals surface area contributed by atoms with E-state index in [9.17, 15) is 6.37 Å². The molecule has 1 aromatic carbocycles. The second-order valence-electron chi connectivity index (χ2n) is 6.17. The molecule has 0 saturated carbocycles. The van der Waals surface area contributed by atoms with Gasteiger partial charge in [0.05, 0.1) is 0 Å². The van der Waals surface area contributed by atoms with E-state index in [2.05, 4.69) is 0 Å². The molecule has 27 heavy (non-hydrogen) atoms. The Bertz CT molecular complexity index is 463. The van der Waals surface area contributed by atoms with Gasteiger partial charge in [0.1, 0.15) is 0 Å². The monoisotopic (exact) mass is 480 g/mol. The van der Waals surface area contributed by atoms with Gasteiger partial charge >= 0.3 is 171 Å². The SMILES string of the molecule is CCCCO[Si](OCCCC)(OCCCC)[O][Zr]([OH])([OH])[O]c1ccccc1. The quantitative estimate of drug-likeness (QED) is 0.274. The molecule has 9 heteroatoms. The minimum atomic E-state index is -5.41. The Morgan fingerprint density at radius 3 is 1.63 bits per heavy atom. The molecule has 0 aromatic heterocycles. The topological polar surface area (TPSA) is 86.6 Å². The van der Waals surface area contributed by atoms with Crippen molar-refractivity contribution in [3.8, 4) is 5.75 Å². The van der Waals surface area contributed by atoms with E-state index in [4.69, 9.17) is 18.6 Å². The van der Waals surface area contributed by atoms with Crippen molar-refractivity contribution in [2.75, 3.05) is 19.8 Å². The molecule has 1 rings (SSSR count). The van der Waals surface area contributed by atoms with Crippen molar-refractivity contribution in [1.82, 2.24) is 0 Å². The first kappa shape index (κ1) is 24.9. The van der Waals surface area contributed by atoms with E-state index in [0.717, 1.165) is 38.5 Å². The van der Waals surface area contributed by atoms with Gasteiger partial charge in [-0.2, -0.15) is 0 Å². The zero-order valence-corrected chi connectivity index (χ0v) is 20.1. The molecule has 0 aliphatic heterocycles. The van der Waals surface area contributed by atoms with E-state index in [1.807, 2.05) is 26.8 Å². The van der Waals surface area contributed by atoms with Gasteiger partial charge in [-0.1, -0.05) is 0 Å². The van der Waals surface area contributed by atoms with Crippen LogP contribution in [0.25, 0.3) is 0 Å². The summed E-state index contributed by atoms with van der Waals surface area (Å²) < 4.78 is 49.6. The molecule has 2 N–H and O–H groups in total. The standard InChI is InChI=1S/C12H27O4Si.C6H6O.2H2O.Zr/c1-4-7-10-14-17(13,15-11-8-5-2)16-12-9-6-3;7-6-4-2-1-3-5-6;;;/h4-12H2,1-3H3;1-5,7H;2*1H2;/q-1;;;;+4/p-3. The van der Waals surface area contributed by atoms with Crippen LogP contribution in [0.4, 0.5) is 0 Å². The van der Waals surface area contributed by atoms with E-state index in [1.54, 1.807) is 24.3 Å². The Kier molecular flexibility index (Phi) is 12.9. The zero-order valence-electron chi connectivity index (χ0n) is 16.7. The predicted molar refractivity (Wildman–Crippen MR) is 101 cm³/mol. The number of para-hydroxylation sites is 1. The molecule has 0 aliphatic rings. The molecule has 0 bridgehead atoms. The van der Waals surface area contributed by atoms with Crippen molar-refractivity contribution in [3.63, 3.8) is 0 Å². The van der Waals surface area contributed by atoms with Gasteiger partial charge in [0, 0.05) is 0 Å². The van der Waals surface area contributed by atoms with E-state index in [0.29, 0.717) is 25.6 Å². The Hall–Kier alpha value is -0.120. The van der Waals surface area contributed by atoms with E-state index in [-0.39, 0.29) is 0 Å². The molecular weight excluding hydrogens is 448 g/mol. The Labute approximate surface area is 170 Å². The molecule has 0 amide bonds. The van der Waals surface area contributed by atoms with Crippen molar-refractivity contribution in [3.05, 3.63) is 30.3 Å². The van der Waals surface area contributed by atoms with Crippen LogP contribution in [0.15, 0.2) is 30.3 Å². The summed E-state index contributed by atoms with van der Waals surface area (Å²) >= 11 is -5.41. The number of hydrogen-bond acceptors (Lipinski definition) is 7. The number of rotatable bonds is 16. The first-order chi connectivity index (χ1) is 13.0. The molecule has 0 radical (unpaired) electrons. The molecule has 7 nitrogen and oxygen atoms in total. The number of benzene rings is 1. The Balaban J connectivity index is 2.90. The average Bonchev–Trinajstić information content (AvgIpc) is 2.62. The molecule has 0 aliphatic carbocycles. The molecule has 1 aromatic rings. The summed E-state index contributed by atoms with van der Waals surface area (Å²) in [5.74, 6) is 0.330. The van der Waals surface area contributed by atoms with Crippen LogP contribution in [0, 0.1) is 0 Å². The number of hydrogen-bond donors (Lipinski definition) is 2. The van der Waals surface area contributed by atoms with Crippen LogP contribution in [0.1, 0.15) is 59.3 Å². The normalized spacial score (nSPS) is 12.3. The first-order valence-corrected chi connectivity index (χ1v) is 15.6. The van der Waals surface area contributed by atoms with Gasteiger partial charge in [-0.3, -0.25) is 0 Å². The summed E-state index contributed by atoms with van der Waals surface area (Å²) in [6.07, 6.45) is 5.19. The third kappa shape index (κ3) is 10.9. The van der Waals surface area contributed by atoms with Crippen LogP contribution in [-0.2, 0) is 37.8 Å². The fraction of sp³-hybridized carbons (Fsp3) is 0.667. The van der Waals surface area contributed by atoms with Crippen LogP contribution in [0.2, 0.25) is 0 Å². The van der Waals surface area contributed by atoms with Gasteiger partial charge in [-0.25, -0.2) is 0 Å². The van der Waals surface area contributed by atoms with Crippen molar-refractivity contribution in [2.45, 2.75) is 59.3 Å². The van der Waals surface area contributed by atoms with Crippen LogP contribution in [0.5, 0.6) is 5.75 Å². The van der Waals surface area contributed by atoms with Gasteiger partial charge in [-0.15, -0.1) is 0 Å². The molecule has 0 spiro atoms. The van der Waals surface area contributed by atoms with Gasteiger partial charge in [0.25, 0.3) is 0 Å². The van der Waals surface area contributed by atoms with E-state index in [1.165, 1.54) is 0 Å². The van der Waals surface area contributed by atoms with Crippen LogP contribution < -0.4 is 2.81 Å². The fourth-order valence-corrected chi connectivity index (χ4v) is 9.14. The van der Waals surface area contributed by atoms with Crippen LogP contribution in [-0.4, -0.2) is 35.2 Å². The molecule has 156 valence electrons. The summed E-state index contributed by atoms with van der Waals surface area (Å²) in [5, 5.41) is 0. The van der Waals surface area contributed by atoms with Crippen LogP contribution >= 0.6 is 0 Å². The molecule has 0 saturated heterocycles. The fourth-order valence-electron chi connectivity index (χ4n) is 2.06. The predicted octanol–water partition coefficient (Wildman–Crippen LogP) is 3.77. The van der Waals surface area contributed by atoms with Gasteiger partial charge in [0.2, 0.25) is 0 Å². The van der Waals surface area contributed by atoms with Crippen molar-refractivity contribution < 1.29 is 47.0 Å². The Morgan fingerprint density at radius 1 is 0.778 bits per heavy atom. The minimum absolute atomic E-state index is 0.330. The third-order valence-corrected chi connectivity index (χ3v) is 10.8. The van der Waals surface area contributed by atoms with Crippen LogP contribution in [0.3, 0.4) is 0 Å². The molecular formula is C18H34O7SiZr. The van der Waals surface area contributed by atoms with Gasteiger partial charge in [0.15, 0.2) is 0 Å². The second-order valence-corrected chi connectivity index (χ2v) is 12.9. The summed E-state index contributed by atoms with van der Waals surface area (Å²) in [6, 6.07) is 8.58. The summed E-state index contributed by atoms with van der Waals surface area (Å²) in [6.45, 7) is 7.24. The van der Waals surface area contributed by atoms with E-state index >= 15 is 0 Å². The maximum atomic E-state index is 10.5. The maximum absolute atomic E-state index is 10.5. The van der Waals surface area contributed by atoms with Crippen molar-refractivity contribution >= 4 is 9.05 Å².